The summed E-state index contributed by atoms with van der Waals surface area (Å²) in [6, 6.07) is 6.58. The molecule has 2 aromatic rings. The van der Waals surface area contributed by atoms with Crippen molar-refractivity contribution >= 4 is 21.9 Å². The summed E-state index contributed by atoms with van der Waals surface area (Å²) in [5.41, 5.74) is 1.06. The average Bonchev–Trinajstić information content (AvgIpc) is 3.05. The molecule has 0 spiro atoms. The molecule has 0 aliphatic heterocycles. The van der Waals surface area contributed by atoms with Crippen LogP contribution in [0.2, 0.25) is 0 Å². The van der Waals surface area contributed by atoms with Gasteiger partial charge in [-0.1, -0.05) is 0 Å². The van der Waals surface area contributed by atoms with Crippen LogP contribution >= 0.6 is 15.9 Å². The number of halogens is 1. The lowest BCUT2D eigenvalue weighted by molar-refractivity contribution is 0.412. The minimum Gasteiger partial charge on any atom is -0.496 e. The highest BCUT2D eigenvalue weighted by Crippen LogP contribution is 2.29. The van der Waals surface area contributed by atoms with Gasteiger partial charge in [0.2, 0.25) is 5.95 Å². The van der Waals surface area contributed by atoms with Crippen LogP contribution in [0.1, 0.15) is 12.8 Å². The van der Waals surface area contributed by atoms with Crippen molar-refractivity contribution < 1.29 is 4.74 Å². The molecule has 0 bridgehead atoms. The number of benzene rings is 1. The van der Waals surface area contributed by atoms with Crippen LogP contribution in [0, 0.1) is 0 Å². The Hall–Kier alpha value is -1.49. The first-order valence-electron chi connectivity index (χ1n) is 5.92. The first-order chi connectivity index (χ1) is 8.78. The third kappa shape index (κ3) is 2.22. The minimum absolute atomic E-state index is 0.591. The highest BCUT2D eigenvalue weighted by molar-refractivity contribution is 9.10. The molecule has 18 heavy (non-hydrogen) atoms. The van der Waals surface area contributed by atoms with E-state index in [0.717, 1.165) is 21.9 Å². The molecule has 1 aliphatic carbocycles. The fourth-order valence-corrected chi connectivity index (χ4v) is 2.36. The van der Waals surface area contributed by atoms with Crippen molar-refractivity contribution in [2.45, 2.75) is 18.9 Å². The summed E-state index contributed by atoms with van der Waals surface area (Å²) in [7, 11) is 1.66. The van der Waals surface area contributed by atoms with Gasteiger partial charge in [-0.25, -0.2) is 4.98 Å². The smallest absolute Gasteiger partial charge is 0.207 e. The molecule has 1 fully saturated rings. The predicted octanol–water partition coefficient (Wildman–Crippen LogP) is 3.22. The van der Waals surface area contributed by atoms with E-state index in [-0.39, 0.29) is 0 Å². The van der Waals surface area contributed by atoms with Gasteiger partial charge in [0.15, 0.2) is 0 Å². The molecule has 5 heteroatoms. The van der Waals surface area contributed by atoms with Gasteiger partial charge in [0, 0.05) is 24.1 Å². The number of methoxy groups -OCH3 is 1. The summed E-state index contributed by atoms with van der Waals surface area (Å²) >= 11 is 3.50. The Morgan fingerprint density at radius 1 is 1.44 bits per heavy atom. The Labute approximate surface area is 114 Å². The first kappa shape index (κ1) is 11.6. The summed E-state index contributed by atoms with van der Waals surface area (Å²) in [5.74, 6) is 1.73. The van der Waals surface area contributed by atoms with Gasteiger partial charge in [-0.05, 0) is 47.0 Å². The van der Waals surface area contributed by atoms with Gasteiger partial charge in [0.25, 0.3) is 0 Å². The molecule has 1 aromatic carbocycles. The van der Waals surface area contributed by atoms with E-state index >= 15 is 0 Å². The lowest BCUT2D eigenvalue weighted by Crippen LogP contribution is -2.07. The Morgan fingerprint density at radius 3 is 2.94 bits per heavy atom. The van der Waals surface area contributed by atoms with E-state index in [2.05, 4.69) is 26.2 Å². The second kappa shape index (κ2) is 4.65. The van der Waals surface area contributed by atoms with Crippen molar-refractivity contribution in [3.63, 3.8) is 0 Å². The van der Waals surface area contributed by atoms with Crippen LogP contribution in [0.4, 0.5) is 5.95 Å². The second-order valence-corrected chi connectivity index (χ2v) is 5.21. The molecule has 1 saturated carbocycles. The largest absolute Gasteiger partial charge is 0.496 e. The summed E-state index contributed by atoms with van der Waals surface area (Å²) in [6.07, 6.45) is 6.24. The van der Waals surface area contributed by atoms with Crippen LogP contribution in [0.3, 0.4) is 0 Å². The normalized spacial score (nSPS) is 14.6. The summed E-state index contributed by atoms with van der Waals surface area (Å²) in [4.78, 5) is 4.35. The molecule has 1 N–H and O–H groups in total. The molecule has 94 valence electrons. The van der Waals surface area contributed by atoms with Crippen molar-refractivity contribution in [2.24, 2.45) is 0 Å². The number of anilines is 1. The van der Waals surface area contributed by atoms with Gasteiger partial charge in [-0.2, -0.15) is 0 Å². The van der Waals surface area contributed by atoms with E-state index in [1.54, 1.807) is 7.11 Å². The molecule has 4 nitrogen and oxygen atoms in total. The van der Waals surface area contributed by atoms with Crippen molar-refractivity contribution in [3.05, 3.63) is 35.1 Å². The Morgan fingerprint density at radius 2 is 2.28 bits per heavy atom. The number of aromatic nitrogens is 2. The third-order valence-corrected chi connectivity index (χ3v) is 3.58. The number of nitrogens with one attached hydrogen (secondary N) is 1. The van der Waals surface area contributed by atoms with E-state index < -0.39 is 0 Å². The van der Waals surface area contributed by atoms with Crippen molar-refractivity contribution in [2.75, 3.05) is 12.4 Å². The van der Waals surface area contributed by atoms with Gasteiger partial charge in [-0.3, -0.25) is 4.57 Å². The number of rotatable bonds is 4. The van der Waals surface area contributed by atoms with Crippen LogP contribution in [0.15, 0.2) is 35.1 Å². The lowest BCUT2D eigenvalue weighted by atomic mass is 10.3. The van der Waals surface area contributed by atoms with Crippen LogP contribution in [0.5, 0.6) is 5.75 Å². The molecule has 0 atom stereocenters. The standard InChI is InChI=1S/C13H14BrN3O/c1-18-12-5-4-10(8-11(12)14)17-7-6-15-13(17)16-9-2-3-9/h4-9H,2-3H2,1H3,(H,15,16). The van der Waals surface area contributed by atoms with E-state index in [0.29, 0.717) is 6.04 Å². The minimum atomic E-state index is 0.591. The van der Waals surface area contributed by atoms with Gasteiger partial charge >= 0.3 is 0 Å². The Kier molecular flexibility index (Phi) is 2.99. The number of hydrogen-bond donors (Lipinski definition) is 1. The molecule has 1 aliphatic rings. The zero-order chi connectivity index (χ0) is 12.5. The third-order valence-electron chi connectivity index (χ3n) is 2.96. The highest BCUT2D eigenvalue weighted by Gasteiger charge is 2.22. The quantitative estimate of drug-likeness (QED) is 0.942. The van der Waals surface area contributed by atoms with Gasteiger partial charge in [0.1, 0.15) is 5.75 Å². The number of hydrogen-bond acceptors (Lipinski definition) is 3. The maximum absolute atomic E-state index is 5.23. The van der Waals surface area contributed by atoms with Crippen LogP contribution in [0.25, 0.3) is 5.69 Å². The Balaban J connectivity index is 1.93. The predicted molar refractivity (Wildman–Crippen MR) is 74.5 cm³/mol. The molecule has 0 radical (unpaired) electrons. The molecular formula is C13H14BrN3O. The summed E-state index contributed by atoms with van der Waals surface area (Å²) < 4.78 is 8.22. The van der Waals surface area contributed by atoms with Gasteiger partial charge < -0.3 is 10.1 Å². The highest BCUT2D eigenvalue weighted by atomic mass is 79.9. The number of ether oxygens (including phenoxy) is 1. The van der Waals surface area contributed by atoms with E-state index in [1.165, 1.54) is 12.8 Å². The number of imidazole rings is 1. The fourth-order valence-electron chi connectivity index (χ4n) is 1.83. The molecule has 3 rings (SSSR count). The molecule has 1 heterocycles. The maximum atomic E-state index is 5.23. The summed E-state index contributed by atoms with van der Waals surface area (Å²) in [5, 5.41) is 3.42. The summed E-state index contributed by atoms with van der Waals surface area (Å²) in [6.45, 7) is 0. The lowest BCUT2D eigenvalue weighted by Gasteiger charge is -2.11. The average molecular weight is 308 g/mol. The van der Waals surface area contributed by atoms with Crippen LogP contribution in [-0.2, 0) is 0 Å². The second-order valence-electron chi connectivity index (χ2n) is 4.36. The molecular weight excluding hydrogens is 294 g/mol. The monoisotopic (exact) mass is 307 g/mol. The topological polar surface area (TPSA) is 39.1 Å². The SMILES string of the molecule is COc1ccc(-n2ccnc2NC2CC2)cc1Br. The van der Waals surface area contributed by atoms with Crippen LogP contribution in [-0.4, -0.2) is 22.7 Å². The van der Waals surface area contributed by atoms with Gasteiger partial charge in [-0.15, -0.1) is 0 Å². The molecule has 0 amide bonds. The van der Waals surface area contributed by atoms with Crippen LogP contribution < -0.4 is 10.1 Å². The van der Waals surface area contributed by atoms with Crippen molar-refractivity contribution in [1.82, 2.24) is 9.55 Å². The van der Waals surface area contributed by atoms with Gasteiger partial charge in [0.05, 0.1) is 11.6 Å². The van der Waals surface area contributed by atoms with Crippen molar-refractivity contribution in [1.29, 1.82) is 0 Å². The molecule has 0 unspecified atom stereocenters. The zero-order valence-corrected chi connectivity index (χ0v) is 11.6. The maximum Gasteiger partial charge on any atom is 0.207 e. The fraction of sp³-hybridized carbons (Fsp3) is 0.308. The molecule has 0 saturated heterocycles. The van der Waals surface area contributed by atoms with E-state index in [1.807, 2.05) is 35.2 Å². The Bertz CT molecular complexity index is 563. The first-order valence-corrected chi connectivity index (χ1v) is 6.71. The van der Waals surface area contributed by atoms with E-state index in [4.69, 9.17) is 4.74 Å². The number of nitrogens with zero attached hydrogens (tertiary/aromatic N) is 2. The molecule has 1 aromatic heterocycles. The van der Waals surface area contributed by atoms with E-state index in [9.17, 15) is 0 Å². The zero-order valence-electron chi connectivity index (χ0n) is 10.1. The van der Waals surface area contributed by atoms with Crippen molar-refractivity contribution in [3.8, 4) is 11.4 Å².